The van der Waals surface area contributed by atoms with Crippen LogP contribution in [0.4, 0.5) is 5.69 Å². The Morgan fingerprint density at radius 3 is 2.57 bits per heavy atom. The van der Waals surface area contributed by atoms with Gasteiger partial charge in [0.1, 0.15) is 5.75 Å². The number of ether oxygens (including phenoxy) is 1. The van der Waals surface area contributed by atoms with Crippen molar-refractivity contribution in [1.82, 2.24) is 4.72 Å². The van der Waals surface area contributed by atoms with E-state index in [2.05, 4.69) is 20.7 Å². The Morgan fingerprint density at radius 2 is 1.96 bits per heavy atom. The van der Waals surface area contributed by atoms with Crippen LogP contribution >= 0.6 is 15.9 Å². The SMILES string of the molecule is COc1ccc([C@@H](CC(=O)N2c3ccc(Br)cc3C[C@H]2C)NS(C)(=O)=O)cc1. The molecular weight excluding hydrogens is 444 g/mol. The molecule has 150 valence electrons. The van der Waals surface area contributed by atoms with Gasteiger partial charge in [-0.3, -0.25) is 4.79 Å². The first-order valence-electron chi connectivity index (χ1n) is 8.89. The fraction of sp³-hybridized carbons (Fsp3) is 0.350. The first kappa shape index (κ1) is 20.8. The van der Waals surface area contributed by atoms with Crippen LogP contribution in [-0.2, 0) is 21.2 Å². The number of nitrogens with zero attached hydrogens (tertiary/aromatic N) is 1. The summed E-state index contributed by atoms with van der Waals surface area (Å²) in [5, 5.41) is 0. The highest BCUT2D eigenvalue weighted by molar-refractivity contribution is 9.10. The van der Waals surface area contributed by atoms with E-state index in [4.69, 9.17) is 4.74 Å². The lowest BCUT2D eigenvalue weighted by molar-refractivity contribution is -0.119. The highest BCUT2D eigenvalue weighted by Gasteiger charge is 2.32. The van der Waals surface area contributed by atoms with Gasteiger partial charge in [-0.05, 0) is 54.8 Å². The van der Waals surface area contributed by atoms with Gasteiger partial charge in [-0.1, -0.05) is 28.1 Å². The van der Waals surface area contributed by atoms with E-state index in [1.54, 1.807) is 36.3 Å². The molecule has 1 aliphatic heterocycles. The third-order valence-corrected chi connectivity index (χ3v) is 5.99. The molecule has 0 fully saturated rings. The molecule has 1 heterocycles. The molecule has 1 amide bonds. The van der Waals surface area contributed by atoms with Gasteiger partial charge in [0, 0.05) is 22.6 Å². The molecule has 0 spiro atoms. The van der Waals surface area contributed by atoms with Crippen molar-refractivity contribution in [2.24, 2.45) is 0 Å². The molecule has 1 N–H and O–H groups in total. The summed E-state index contributed by atoms with van der Waals surface area (Å²) in [5.41, 5.74) is 2.70. The summed E-state index contributed by atoms with van der Waals surface area (Å²) >= 11 is 3.47. The Kier molecular flexibility index (Phi) is 6.12. The van der Waals surface area contributed by atoms with Gasteiger partial charge < -0.3 is 9.64 Å². The number of hydrogen-bond acceptors (Lipinski definition) is 4. The van der Waals surface area contributed by atoms with Crippen molar-refractivity contribution in [2.45, 2.75) is 31.8 Å². The van der Waals surface area contributed by atoms with Crippen molar-refractivity contribution in [3.05, 3.63) is 58.1 Å². The summed E-state index contributed by atoms with van der Waals surface area (Å²) in [6.07, 6.45) is 1.89. The lowest BCUT2D eigenvalue weighted by atomic mass is 10.0. The van der Waals surface area contributed by atoms with Crippen molar-refractivity contribution in [3.63, 3.8) is 0 Å². The van der Waals surface area contributed by atoms with E-state index in [1.807, 2.05) is 25.1 Å². The van der Waals surface area contributed by atoms with Crippen LogP contribution in [0.1, 0.15) is 30.5 Å². The van der Waals surface area contributed by atoms with Gasteiger partial charge in [-0.15, -0.1) is 0 Å². The van der Waals surface area contributed by atoms with Gasteiger partial charge in [-0.2, -0.15) is 0 Å². The molecule has 6 nitrogen and oxygen atoms in total. The second-order valence-electron chi connectivity index (χ2n) is 7.01. The van der Waals surface area contributed by atoms with E-state index >= 15 is 0 Å². The minimum atomic E-state index is -3.49. The number of rotatable bonds is 6. The second kappa shape index (κ2) is 8.23. The molecule has 0 aliphatic carbocycles. The zero-order chi connectivity index (χ0) is 20.5. The van der Waals surface area contributed by atoms with Gasteiger partial charge in [0.05, 0.1) is 19.4 Å². The average molecular weight is 467 g/mol. The van der Waals surface area contributed by atoms with Crippen LogP contribution in [-0.4, -0.2) is 33.7 Å². The molecular formula is C20H23BrN2O4S. The van der Waals surface area contributed by atoms with Crippen molar-refractivity contribution in [1.29, 1.82) is 0 Å². The Bertz CT molecular complexity index is 976. The number of carbonyl (C=O) groups is 1. The number of sulfonamides is 1. The predicted molar refractivity (Wildman–Crippen MR) is 113 cm³/mol. The molecule has 0 aromatic heterocycles. The van der Waals surface area contributed by atoms with Gasteiger partial charge in [0.25, 0.3) is 0 Å². The number of nitrogens with one attached hydrogen (secondary N) is 1. The normalized spacial score (nSPS) is 17.3. The number of amides is 1. The lowest BCUT2D eigenvalue weighted by Gasteiger charge is -2.26. The summed E-state index contributed by atoms with van der Waals surface area (Å²) in [6.45, 7) is 2.00. The highest BCUT2D eigenvalue weighted by Crippen LogP contribution is 2.35. The predicted octanol–water partition coefficient (Wildman–Crippen LogP) is 3.42. The summed E-state index contributed by atoms with van der Waals surface area (Å²) in [5.74, 6) is 0.548. The molecule has 0 bridgehead atoms. The zero-order valence-corrected chi connectivity index (χ0v) is 18.4. The maximum absolute atomic E-state index is 13.2. The number of benzene rings is 2. The average Bonchev–Trinajstić information content (AvgIpc) is 2.95. The van der Waals surface area contributed by atoms with E-state index in [1.165, 1.54) is 0 Å². The van der Waals surface area contributed by atoms with Gasteiger partial charge in [-0.25, -0.2) is 13.1 Å². The molecule has 2 aromatic rings. The van der Waals surface area contributed by atoms with Crippen molar-refractivity contribution >= 4 is 37.5 Å². The Balaban J connectivity index is 1.87. The van der Waals surface area contributed by atoms with Crippen LogP contribution in [0.5, 0.6) is 5.75 Å². The van der Waals surface area contributed by atoms with Crippen LogP contribution in [0.3, 0.4) is 0 Å². The minimum Gasteiger partial charge on any atom is -0.497 e. The van der Waals surface area contributed by atoms with Crippen molar-refractivity contribution < 1.29 is 17.9 Å². The molecule has 28 heavy (non-hydrogen) atoms. The van der Waals surface area contributed by atoms with E-state index < -0.39 is 16.1 Å². The fourth-order valence-corrected chi connectivity index (χ4v) is 4.72. The van der Waals surface area contributed by atoms with E-state index in [-0.39, 0.29) is 18.4 Å². The Labute approximate surface area is 174 Å². The van der Waals surface area contributed by atoms with Crippen molar-refractivity contribution in [2.75, 3.05) is 18.3 Å². The third-order valence-electron chi connectivity index (χ3n) is 4.78. The molecule has 0 saturated heterocycles. The molecule has 2 aromatic carbocycles. The Morgan fingerprint density at radius 1 is 1.29 bits per heavy atom. The summed E-state index contributed by atoms with van der Waals surface area (Å²) in [7, 11) is -1.93. The molecule has 2 atom stereocenters. The summed E-state index contributed by atoms with van der Waals surface area (Å²) in [4.78, 5) is 14.9. The van der Waals surface area contributed by atoms with Crippen LogP contribution in [0.2, 0.25) is 0 Å². The van der Waals surface area contributed by atoms with Crippen molar-refractivity contribution in [3.8, 4) is 5.75 Å². The monoisotopic (exact) mass is 466 g/mol. The molecule has 0 unspecified atom stereocenters. The topological polar surface area (TPSA) is 75.7 Å². The molecule has 0 radical (unpaired) electrons. The third kappa shape index (κ3) is 4.74. The minimum absolute atomic E-state index is 0.0200. The zero-order valence-electron chi connectivity index (χ0n) is 16.0. The van der Waals surface area contributed by atoms with Crippen LogP contribution in [0.15, 0.2) is 46.9 Å². The summed E-state index contributed by atoms with van der Waals surface area (Å²) in [6, 6.07) is 12.3. The number of fused-ring (bicyclic) bond motifs is 1. The van der Waals surface area contributed by atoms with E-state index in [0.29, 0.717) is 11.3 Å². The molecule has 3 rings (SSSR count). The standard InChI is InChI=1S/C20H23BrN2O4S/c1-13-10-15-11-16(21)6-9-19(15)23(13)20(24)12-18(22-28(3,25)26)14-4-7-17(27-2)8-5-14/h4-9,11,13,18,22H,10,12H2,1-3H3/t13-,18-/m1/s1. The van der Waals surface area contributed by atoms with E-state index in [9.17, 15) is 13.2 Å². The molecule has 8 heteroatoms. The first-order valence-corrected chi connectivity index (χ1v) is 11.6. The molecule has 1 aliphatic rings. The number of anilines is 1. The van der Waals surface area contributed by atoms with Crippen LogP contribution < -0.4 is 14.4 Å². The largest absolute Gasteiger partial charge is 0.497 e. The Hall–Kier alpha value is -1.90. The number of halogens is 1. The van der Waals surface area contributed by atoms with Crippen LogP contribution in [0, 0.1) is 0 Å². The van der Waals surface area contributed by atoms with Gasteiger partial charge in [0.2, 0.25) is 15.9 Å². The first-order chi connectivity index (χ1) is 13.2. The van der Waals surface area contributed by atoms with E-state index in [0.717, 1.165) is 28.4 Å². The maximum atomic E-state index is 13.2. The smallest absolute Gasteiger partial charge is 0.229 e. The highest BCUT2D eigenvalue weighted by atomic mass is 79.9. The fourth-order valence-electron chi connectivity index (χ4n) is 3.57. The summed E-state index contributed by atoms with van der Waals surface area (Å²) < 4.78 is 32.5. The number of methoxy groups -OCH3 is 1. The van der Waals surface area contributed by atoms with Crippen LogP contribution in [0.25, 0.3) is 0 Å². The van der Waals surface area contributed by atoms with Gasteiger partial charge >= 0.3 is 0 Å². The lowest BCUT2D eigenvalue weighted by Crippen LogP contribution is -2.39. The second-order valence-corrected chi connectivity index (χ2v) is 9.71. The molecule has 0 saturated carbocycles. The number of hydrogen-bond donors (Lipinski definition) is 1. The van der Waals surface area contributed by atoms with Gasteiger partial charge in [0.15, 0.2) is 0 Å². The quantitative estimate of drug-likeness (QED) is 0.707. The maximum Gasteiger partial charge on any atom is 0.229 e. The number of carbonyl (C=O) groups excluding carboxylic acids is 1.